The molecular weight excluding hydrogens is 191 g/mol. The van der Waals surface area contributed by atoms with Gasteiger partial charge in [0.15, 0.2) is 0 Å². The third-order valence-electron chi connectivity index (χ3n) is 2.35. The van der Waals surface area contributed by atoms with Crippen molar-refractivity contribution >= 4 is 0 Å². The zero-order chi connectivity index (χ0) is 10.8. The molecule has 0 heterocycles. The van der Waals surface area contributed by atoms with Crippen molar-refractivity contribution in [3.8, 4) is 0 Å². The first-order chi connectivity index (χ1) is 6.42. The monoisotopic (exact) mass is 203 g/mol. The van der Waals surface area contributed by atoms with E-state index in [1.165, 1.54) is 19.1 Å². The summed E-state index contributed by atoms with van der Waals surface area (Å²) in [4.78, 5) is 0. The van der Waals surface area contributed by atoms with Gasteiger partial charge in [-0.3, -0.25) is 0 Å². The predicted molar refractivity (Wildman–Crippen MR) is 48.7 cm³/mol. The highest BCUT2D eigenvalue weighted by Gasteiger charge is 2.51. The summed E-state index contributed by atoms with van der Waals surface area (Å²) in [5, 5.41) is 0. The van der Waals surface area contributed by atoms with Crippen LogP contribution in [0.25, 0.3) is 0 Å². The van der Waals surface area contributed by atoms with Gasteiger partial charge in [0.05, 0.1) is 0 Å². The van der Waals surface area contributed by atoms with Crippen LogP contribution in [0.5, 0.6) is 0 Å². The molecule has 2 N–H and O–H groups in total. The largest absolute Gasteiger partial charge is 0.410 e. The first-order valence-electron chi connectivity index (χ1n) is 4.33. The van der Waals surface area contributed by atoms with Crippen molar-refractivity contribution in [1.29, 1.82) is 0 Å². The molecule has 0 unspecified atom stereocenters. The summed E-state index contributed by atoms with van der Waals surface area (Å²) in [6.07, 6.45) is -4.58. The molecule has 0 radical (unpaired) electrons. The van der Waals surface area contributed by atoms with Gasteiger partial charge >= 0.3 is 6.18 Å². The van der Waals surface area contributed by atoms with Crippen LogP contribution >= 0.6 is 0 Å². The lowest BCUT2D eigenvalue weighted by Crippen LogP contribution is -2.49. The van der Waals surface area contributed by atoms with Gasteiger partial charge in [-0.25, -0.2) is 0 Å². The van der Waals surface area contributed by atoms with Gasteiger partial charge in [-0.2, -0.15) is 13.2 Å². The molecule has 14 heavy (non-hydrogen) atoms. The number of alkyl halides is 3. The van der Waals surface area contributed by atoms with Gasteiger partial charge < -0.3 is 5.73 Å². The van der Waals surface area contributed by atoms with Crippen molar-refractivity contribution in [2.75, 3.05) is 0 Å². The number of hydrogen-bond donors (Lipinski definition) is 1. The summed E-state index contributed by atoms with van der Waals surface area (Å²) in [7, 11) is 0. The molecule has 1 aromatic rings. The lowest BCUT2D eigenvalue weighted by molar-refractivity contribution is -0.190. The molecule has 0 bridgehead atoms. The van der Waals surface area contributed by atoms with Crippen molar-refractivity contribution in [3.05, 3.63) is 35.9 Å². The topological polar surface area (TPSA) is 26.0 Å². The van der Waals surface area contributed by atoms with E-state index < -0.39 is 11.7 Å². The molecule has 1 rings (SSSR count). The van der Waals surface area contributed by atoms with Crippen molar-refractivity contribution in [2.24, 2.45) is 5.73 Å². The van der Waals surface area contributed by atoms with Crippen LogP contribution in [0.3, 0.4) is 0 Å². The molecule has 0 aliphatic carbocycles. The number of rotatable bonds is 2. The van der Waals surface area contributed by atoms with Crippen LogP contribution in [0.4, 0.5) is 13.2 Å². The van der Waals surface area contributed by atoms with E-state index in [0.29, 0.717) is 0 Å². The van der Waals surface area contributed by atoms with Crippen molar-refractivity contribution in [2.45, 2.75) is 25.1 Å². The Morgan fingerprint density at radius 3 is 2.00 bits per heavy atom. The van der Waals surface area contributed by atoms with Gasteiger partial charge in [0.25, 0.3) is 0 Å². The molecule has 1 aromatic carbocycles. The molecular formula is C10H12F3N. The number of benzene rings is 1. The molecule has 0 aromatic heterocycles. The van der Waals surface area contributed by atoms with Crippen LogP contribution in [0.15, 0.2) is 30.3 Å². The summed E-state index contributed by atoms with van der Waals surface area (Å²) in [6.45, 7) is 1.43. The lowest BCUT2D eigenvalue weighted by atomic mass is 9.88. The molecule has 1 nitrogen and oxygen atoms in total. The number of hydrogen-bond acceptors (Lipinski definition) is 1. The average Bonchev–Trinajstić information content (AvgIpc) is 2.16. The minimum atomic E-state index is -4.41. The number of halogens is 3. The molecule has 4 heteroatoms. The second kappa shape index (κ2) is 3.61. The molecule has 78 valence electrons. The predicted octanol–water partition coefficient (Wildman–Crippen LogP) is 2.81. The smallest absolute Gasteiger partial charge is 0.314 e. The van der Waals surface area contributed by atoms with E-state index in [2.05, 4.69) is 0 Å². The molecule has 1 atom stereocenters. The highest BCUT2D eigenvalue weighted by Crippen LogP contribution is 2.38. The molecule has 0 amide bonds. The Balaban J connectivity index is 3.15. The quantitative estimate of drug-likeness (QED) is 0.785. The maximum absolute atomic E-state index is 12.7. The first-order valence-corrected chi connectivity index (χ1v) is 4.33. The Kier molecular flexibility index (Phi) is 2.85. The minimum Gasteiger partial charge on any atom is -0.314 e. The van der Waals surface area contributed by atoms with E-state index in [9.17, 15) is 13.2 Å². The Morgan fingerprint density at radius 1 is 1.14 bits per heavy atom. The van der Waals surface area contributed by atoms with E-state index in [1.54, 1.807) is 18.2 Å². The van der Waals surface area contributed by atoms with Gasteiger partial charge in [0, 0.05) is 0 Å². The molecule has 0 saturated heterocycles. The number of nitrogens with two attached hydrogens (primary N) is 1. The zero-order valence-corrected chi connectivity index (χ0v) is 7.81. The van der Waals surface area contributed by atoms with Crippen molar-refractivity contribution in [1.82, 2.24) is 0 Å². The van der Waals surface area contributed by atoms with Crippen molar-refractivity contribution in [3.63, 3.8) is 0 Å². The molecule has 0 aliphatic heterocycles. The first kappa shape index (κ1) is 11.0. The maximum atomic E-state index is 12.7. The van der Waals surface area contributed by atoms with Crippen LogP contribution in [-0.2, 0) is 5.54 Å². The standard InChI is InChI=1S/C10H12F3N/c1-2-9(14,10(11,12)13)8-6-4-3-5-7-8/h3-7H,2,14H2,1H3/t9-/m1/s1. The minimum absolute atomic E-state index is 0.106. The highest BCUT2D eigenvalue weighted by molar-refractivity contribution is 5.25. The summed E-state index contributed by atoms with van der Waals surface area (Å²) >= 11 is 0. The summed E-state index contributed by atoms with van der Waals surface area (Å²) < 4.78 is 38.0. The van der Waals surface area contributed by atoms with E-state index in [4.69, 9.17) is 5.73 Å². The Bertz CT molecular complexity index is 294. The highest BCUT2D eigenvalue weighted by atomic mass is 19.4. The SMILES string of the molecule is CC[C@@](N)(c1ccccc1)C(F)(F)F. The fourth-order valence-corrected chi connectivity index (χ4v) is 1.30. The maximum Gasteiger partial charge on any atom is 0.410 e. The average molecular weight is 203 g/mol. The second-order valence-electron chi connectivity index (χ2n) is 3.19. The summed E-state index contributed by atoms with van der Waals surface area (Å²) in [5.74, 6) is 0. The summed E-state index contributed by atoms with van der Waals surface area (Å²) in [6, 6.07) is 7.57. The Morgan fingerprint density at radius 2 is 1.64 bits per heavy atom. The van der Waals surface area contributed by atoms with Crippen LogP contribution in [0.1, 0.15) is 18.9 Å². The van der Waals surface area contributed by atoms with Crippen molar-refractivity contribution < 1.29 is 13.2 Å². The summed E-state index contributed by atoms with van der Waals surface area (Å²) in [5.41, 5.74) is 3.25. The van der Waals surface area contributed by atoms with E-state index in [1.807, 2.05) is 0 Å². The molecule has 0 aliphatic rings. The molecule has 0 spiro atoms. The third-order valence-corrected chi connectivity index (χ3v) is 2.35. The van der Waals surface area contributed by atoms with Gasteiger partial charge in [0.2, 0.25) is 0 Å². The van der Waals surface area contributed by atoms with Crippen LogP contribution in [-0.4, -0.2) is 6.18 Å². The van der Waals surface area contributed by atoms with Crippen LogP contribution < -0.4 is 5.73 Å². The third kappa shape index (κ3) is 1.75. The fourth-order valence-electron chi connectivity index (χ4n) is 1.30. The lowest BCUT2D eigenvalue weighted by Gasteiger charge is -2.31. The molecule has 0 saturated carbocycles. The normalized spacial score (nSPS) is 16.4. The Hall–Kier alpha value is -1.03. The van der Waals surface area contributed by atoms with Crippen LogP contribution in [0.2, 0.25) is 0 Å². The Labute approximate surface area is 80.7 Å². The van der Waals surface area contributed by atoms with E-state index in [0.717, 1.165) is 0 Å². The zero-order valence-electron chi connectivity index (χ0n) is 7.81. The van der Waals surface area contributed by atoms with Gasteiger partial charge in [-0.05, 0) is 12.0 Å². The van der Waals surface area contributed by atoms with Gasteiger partial charge in [-0.1, -0.05) is 37.3 Å². The second-order valence-corrected chi connectivity index (χ2v) is 3.19. The van der Waals surface area contributed by atoms with Crippen LogP contribution in [0, 0.1) is 0 Å². The fraction of sp³-hybridized carbons (Fsp3) is 0.400. The van der Waals surface area contributed by atoms with E-state index >= 15 is 0 Å². The van der Waals surface area contributed by atoms with Gasteiger partial charge in [-0.15, -0.1) is 0 Å². The van der Waals surface area contributed by atoms with E-state index in [-0.39, 0.29) is 12.0 Å². The molecule has 0 fully saturated rings. The van der Waals surface area contributed by atoms with Gasteiger partial charge in [0.1, 0.15) is 5.54 Å².